The minimum absolute atomic E-state index is 0.267. The average Bonchev–Trinajstić information content (AvgIpc) is 2.46. The number of hydrazine groups is 1. The maximum absolute atomic E-state index is 11.4. The molecule has 1 saturated heterocycles. The number of morpholine rings is 1. The predicted molar refractivity (Wildman–Crippen MR) is 73.7 cm³/mol. The third-order valence-corrected chi connectivity index (χ3v) is 3.47. The summed E-state index contributed by atoms with van der Waals surface area (Å²) >= 11 is 5.85. The Morgan fingerprint density at radius 1 is 1.47 bits per heavy atom. The highest BCUT2D eigenvalue weighted by molar-refractivity contribution is 6.30. The summed E-state index contributed by atoms with van der Waals surface area (Å²) in [6, 6.07) is 7.82. The van der Waals surface area contributed by atoms with Gasteiger partial charge in [0.25, 0.3) is 5.91 Å². The Hall–Kier alpha value is -1.14. The van der Waals surface area contributed by atoms with E-state index in [4.69, 9.17) is 22.2 Å². The second-order valence-electron chi connectivity index (χ2n) is 4.55. The van der Waals surface area contributed by atoms with Crippen LogP contribution in [0.2, 0.25) is 5.02 Å². The molecule has 0 aromatic heterocycles. The van der Waals surface area contributed by atoms with E-state index >= 15 is 0 Å². The molecule has 0 bridgehead atoms. The van der Waals surface area contributed by atoms with Gasteiger partial charge in [0.15, 0.2) is 0 Å². The molecule has 5 nitrogen and oxygen atoms in total. The molecule has 1 aromatic carbocycles. The molecule has 1 amide bonds. The Morgan fingerprint density at radius 2 is 2.21 bits per heavy atom. The molecule has 1 atom stereocenters. The molecule has 1 fully saturated rings. The number of carbonyl (C=O) groups is 1. The Bertz CT molecular complexity index is 424. The van der Waals surface area contributed by atoms with Gasteiger partial charge in [-0.25, -0.2) is 5.84 Å². The summed E-state index contributed by atoms with van der Waals surface area (Å²) in [6.45, 7) is 2.86. The Balaban J connectivity index is 1.82. The highest BCUT2D eigenvalue weighted by Crippen LogP contribution is 2.11. The van der Waals surface area contributed by atoms with E-state index in [-0.39, 0.29) is 5.91 Å². The second kappa shape index (κ2) is 6.86. The molecule has 2 rings (SSSR count). The van der Waals surface area contributed by atoms with Crippen molar-refractivity contribution in [3.63, 3.8) is 0 Å². The highest BCUT2D eigenvalue weighted by atomic mass is 35.5. The van der Waals surface area contributed by atoms with E-state index in [0.29, 0.717) is 13.2 Å². The Labute approximate surface area is 117 Å². The molecule has 104 valence electrons. The highest BCUT2D eigenvalue weighted by Gasteiger charge is 2.25. The lowest BCUT2D eigenvalue weighted by atomic mass is 10.1. The molecule has 1 aromatic rings. The van der Waals surface area contributed by atoms with Crippen molar-refractivity contribution < 1.29 is 9.53 Å². The van der Waals surface area contributed by atoms with Gasteiger partial charge in [0, 0.05) is 24.7 Å². The predicted octanol–water partition coefficient (Wildman–Crippen LogP) is 0.573. The summed E-state index contributed by atoms with van der Waals surface area (Å²) in [5.74, 6) is 4.85. The molecule has 6 heteroatoms. The molecule has 1 unspecified atom stereocenters. The van der Waals surface area contributed by atoms with Crippen LogP contribution >= 0.6 is 11.6 Å². The van der Waals surface area contributed by atoms with Gasteiger partial charge in [-0.1, -0.05) is 23.7 Å². The maximum Gasteiger partial charge on any atom is 0.264 e. The monoisotopic (exact) mass is 283 g/mol. The van der Waals surface area contributed by atoms with Crippen molar-refractivity contribution in [2.24, 2.45) is 5.84 Å². The molecule has 1 heterocycles. The number of amides is 1. The van der Waals surface area contributed by atoms with Crippen LogP contribution in [0, 0.1) is 0 Å². The quantitative estimate of drug-likeness (QED) is 0.482. The second-order valence-corrected chi connectivity index (χ2v) is 4.98. The van der Waals surface area contributed by atoms with E-state index in [2.05, 4.69) is 10.3 Å². The fraction of sp³-hybridized carbons (Fsp3) is 0.462. The van der Waals surface area contributed by atoms with Gasteiger partial charge in [0.05, 0.1) is 6.61 Å². The molecule has 19 heavy (non-hydrogen) atoms. The molecule has 0 aliphatic carbocycles. The number of rotatable bonds is 4. The molecule has 0 saturated carbocycles. The van der Waals surface area contributed by atoms with Gasteiger partial charge in [-0.2, -0.15) is 0 Å². The third-order valence-electron chi connectivity index (χ3n) is 3.22. The molecular weight excluding hydrogens is 266 g/mol. The number of nitrogens with zero attached hydrogens (tertiary/aromatic N) is 1. The lowest BCUT2D eigenvalue weighted by Gasteiger charge is -2.31. The summed E-state index contributed by atoms with van der Waals surface area (Å²) in [5, 5.41) is 0.745. The average molecular weight is 284 g/mol. The van der Waals surface area contributed by atoms with Crippen LogP contribution in [0.5, 0.6) is 0 Å². The van der Waals surface area contributed by atoms with Gasteiger partial charge in [0.2, 0.25) is 0 Å². The van der Waals surface area contributed by atoms with Crippen LogP contribution in [0.15, 0.2) is 24.3 Å². The van der Waals surface area contributed by atoms with E-state index < -0.39 is 6.10 Å². The standard InChI is InChI=1S/C13H18ClN3O2/c14-11-3-1-10(2-4-11)5-6-17-7-8-19-12(9-17)13(18)16-15/h1-4,12H,5-9,15H2,(H,16,18). The molecule has 0 spiro atoms. The zero-order valence-corrected chi connectivity index (χ0v) is 11.4. The van der Waals surface area contributed by atoms with Gasteiger partial charge in [-0.05, 0) is 24.1 Å². The first kappa shape index (κ1) is 14.3. The summed E-state index contributed by atoms with van der Waals surface area (Å²) in [4.78, 5) is 13.6. The van der Waals surface area contributed by atoms with Crippen LogP contribution in [0.4, 0.5) is 0 Å². The van der Waals surface area contributed by atoms with Crippen LogP contribution < -0.4 is 11.3 Å². The number of carbonyl (C=O) groups excluding carboxylic acids is 1. The van der Waals surface area contributed by atoms with Crippen LogP contribution in [0.25, 0.3) is 0 Å². The van der Waals surface area contributed by atoms with Crippen molar-refractivity contribution >= 4 is 17.5 Å². The van der Waals surface area contributed by atoms with E-state index in [0.717, 1.165) is 24.5 Å². The lowest BCUT2D eigenvalue weighted by Crippen LogP contribution is -2.51. The first-order valence-electron chi connectivity index (χ1n) is 6.28. The van der Waals surface area contributed by atoms with Gasteiger partial charge in [-0.15, -0.1) is 0 Å². The van der Waals surface area contributed by atoms with Gasteiger partial charge in [-0.3, -0.25) is 15.1 Å². The fourth-order valence-corrected chi connectivity index (χ4v) is 2.22. The minimum atomic E-state index is -0.469. The van der Waals surface area contributed by atoms with Crippen molar-refractivity contribution in [2.75, 3.05) is 26.2 Å². The summed E-state index contributed by atoms with van der Waals surface area (Å²) in [7, 11) is 0. The summed E-state index contributed by atoms with van der Waals surface area (Å²) < 4.78 is 5.38. The molecule has 1 aliphatic heterocycles. The minimum Gasteiger partial charge on any atom is -0.366 e. The number of ether oxygens (including phenoxy) is 1. The molecular formula is C13H18ClN3O2. The van der Waals surface area contributed by atoms with Gasteiger partial charge >= 0.3 is 0 Å². The topological polar surface area (TPSA) is 67.6 Å². The molecule has 3 N–H and O–H groups in total. The van der Waals surface area contributed by atoms with E-state index in [1.54, 1.807) is 0 Å². The number of hydrogen-bond donors (Lipinski definition) is 2. The maximum atomic E-state index is 11.4. The first-order valence-corrected chi connectivity index (χ1v) is 6.65. The summed E-state index contributed by atoms with van der Waals surface area (Å²) in [6.07, 6.45) is 0.456. The zero-order valence-electron chi connectivity index (χ0n) is 10.6. The van der Waals surface area contributed by atoms with Crippen molar-refractivity contribution in [1.82, 2.24) is 10.3 Å². The number of hydrogen-bond acceptors (Lipinski definition) is 4. The Morgan fingerprint density at radius 3 is 2.89 bits per heavy atom. The van der Waals surface area contributed by atoms with Crippen LogP contribution in [0.3, 0.4) is 0 Å². The zero-order chi connectivity index (χ0) is 13.7. The molecule has 1 aliphatic rings. The Kier molecular flexibility index (Phi) is 5.15. The SMILES string of the molecule is NNC(=O)C1CN(CCc2ccc(Cl)cc2)CCO1. The van der Waals surface area contributed by atoms with Gasteiger partial charge < -0.3 is 4.74 Å². The number of benzene rings is 1. The van der Waals surface area contributed by atoms with E-state index in [9.17, 15) is 4.79 Å². The van der Waals surface area contributed by atoms with Crippen molar-refractivity contribution in [2.45, 2.75) is 12.5 Å². The first-order chi connectivity index (χ1) is 9.19. The van der Waals surface area contributed by atoms with Crippen molar-refractivity contribution in [1.29, 1.82) is 0 Å². The lowest BCUT2D eigenvalue weighted by molar-refractivity contribution is -0.138. The normalized spacial score (nSPS) is 20.2. The molecule has 0 radical (unpaired) electrons. The van der Waals surface area contributed by atoms with Crippen LogP contribution in [-0.4, -0.2) is 43.2 Å². The van der Waals surface area contributed by atoms with E-state index in [1.807, 2.05) is 24.3 Å². The smallest absolute Gasteiger partial charge is 0.264 e. The number of halogens is 1. The van der Waals surface area contributed by atoms with Crippen molar-refractivity contribution in [3.05, 3.63) is 34.9 Å². The number of nitrogens with one attached hydrogen (secondary N) is 1. The fourth-order valence-electron chi connectivity index (χ4n) is 2.10. The van der Waals surface area contributed by atoms with Crippen LogP contribution in [-0.2, 0) is 16.0 Å². The largest absolute Gasteiger partial charge is 0.366 e. The summed E-state index contributed by atoms with van der Waals surface area (Å²) in [5.41, 5.74) is 3.36. The van der Waals surface area contributed by atoms with Crippen molar-refractivity contribution in [3.8, 4) is 0 Å². The van der Waals surface area contributed by atoms with Gasteiger partial charge in [0.1, 0.15) is 6.10 Å². The third kappa shape index (κ3) is 4.18. The van der Waals surface area contributed by atoms with E-state index in [1.165, 1.54) is 5.56 Å². The van der Waals surface area contributed by atoms with Crippen LogP contribution in [0.1, 0.15) is 5.56 Å². The number of nitrogens with two attached hydrogens (primary N) is 1.